The number of carbonyl (C=O) groups is 2. The summed E-state index contributed by atoms with van der Waals surface area (Å²) in [4.78, 5) is 31.4. The van der Waals surface area contributed by atoms with E-state index in [1.807, 2.05) is 50.2 Å². The second-order valence-electron chi connectivity index (χ2n) is 8.78. The second-order valence-corrected chi connectivity index (χ2v) is 8.78. The Morgan fingerprint density at radius 3 is 2.45 bits per heavy atom. The minimum absolute atomic E-state index is 0.0289. The molecular weight excluding hydrogens is 420 g/mol. The molecule has 2 aliphatic rings. The van der Waals surface area contributed by atoms with Crippen molar-refractivity contribution < 1.29 is 19.1 Å². The number of piperazine rings is 1. The molecule has 1 fully saturated rings. The average molecular weight is 453 g/mol. The van der Waals surface area contributed by atoms with E-state index in [9.17, 15) is 9.59 Å². The Morgan fingerprint density at radius 2 is 1.73 bits per heavy atom. The smallest absolute Gasteiger partial charge is 0.243 e. The minimum Gasteiger partial charge on any atom is -0.454 e. The van der Waals surface area contributed by atoms with Gasteiger partial charge in [0.05, 0.1) is 12.6 Å². The van der Waals surface area contributed by atoms with Gasteiger partial charge in [-0.05, 0) is 43.7 Å². The van der Waals surface area contributed by atoms with Gasteiger partial charge in [-0.2, -0.15) is 0 Å². The van der Waals surface area contributed by atoms with Gasteiger partial charge in [-0.15, -0.1) is 0 Å². The van der Waals surface area contributed by atoms with Crippen LogP contribution in [0.15, 0.2) is 42.5 Å². The lowest BCUT2D eigenvalue weighted by atomic mass is 10.1. The number of aryl methyl sites for hydroxylation is 1. The number of nitrogens with one attached hydrogen (secondary N) is 1. The number of rotatable bonds is 7. The van der Waals surface area contributed by atoms with Gasteiger partial charge in [-0.1, -0.05) is 23.8 Å². The van der Waals surface area contributed by atoms with Crippen LogP contribution in [-0.2, 0) is 16.1 Å². The van der Waals surface area contributed by atoms with Crippen molar-refractivity contribution in [1.82, 2.24) is 14.7 Å². The van der Waals surface area contributed by atoms with E-state index in [2.05, 4.69) is 21.2 Å². The van der Waals surface area contributed by atoms with Gasteiger partial charge in [-0.3, -0.25) is 19.4 Å². The average Bonchev–Trinajstić information content (AvgIpc) is 3.28. The third-order valence-corrected chi connectivity index (χ3v) is 6.25. The largest absolute Gasteiger partial charge is 0.454 e. The molecule has 0 saturated carbocycles. The fourth-order valence-electron chi connectivity index (χ4n) is 4.21. The number of likely N-dealkylation sites (N-methyl/N-ethyl adjacent to an activating group) is 1. The van der Waals surface area contributed by atoms with Crippen LogP contribution < -0.4 is 14.8 Å². The number of hydrogen-bond donors (Lipinski definition) is 1. The molecule has 4 rings (SSSR count). The van der Waals surface area contributed by atoms with Crippen molar-refractivity contribution in [3.05, 3.63) is 53.6 Å². The number of carbonyl (C=O) groups excluding carboxylic acids is 2. The molecule has 0 aromatic heterocycles. The number of hydrogen-bond acceptors (Lipinski definition) is 6. The van der Waals surface area contributed by atoms with Crippen LogP contribution in [0.5, 0.6) is 11.5 Å². The summed E-state index contributed by atoms with van der Waals surface area (Å²) in [6.07, 6.45) is 0. The first-order valence-corrected chi connectivity index (χ1v) is 11.4. The Morgan fingerprint density at radius 1 is 1.03 bits per heavy atom. The predicted octanol–water partition coefficient (Wildman–Crippen LogP) is 2.33. The Kier molecular flexibility index (Phi) is 7.15. The summed E-state index contributed by atoms with van der Waals surface area (Å²) in [6, 6.07) is 13.4. The van der Waals surface area contributed by atoms with Crippen molar-refractivity contribution in [3.8, 4) is 11.5 Å². The summed E-state index contributed by atoms with van der Waals surface area (Å²) >= 11 is 0. The van der Waals surface area contributed by atoms with E-state index in [-0.39, 0.29) is 31.2 Å². The summed E-state index contributed by atoms with van der Waals surface area (Å²) < 4.78 is 10.9. The van der Waals surface area contributed by atoms with E-state index in [4.69, 9.17) is 9.47 Å². The monoisotopic (exact) mass is 452 g/mol. The van der Waals surface area contributed by atoms with Crippen LogP contribution in [0, 0.1) is 6.92 Å². The van der Waals surface area contributed by atoms with E-state index < -0.39 is 0 Å². The first kappa shape index (κ1) is 23.1. The van der Waals surface area contributed by atoms with E-state index in [1.165, 1.54) is 10.5 Å². The molecule has 1 saturated heterocycles. The molecule has 2 aliphatic heterocycles. The number of anilines is 1. The van der Waals surface area contributed by atoms with Crippen molar-refractivity contribution in [2.75, 3.05) is 51.9 Å². The van der Waals surface area contributed by atoms with E-state index >= 15 is 0 Å². The van der Waals surface area contributed by atoms with Gasteiger partial charge in [0, 0.05) is 45.5 Å². The maximum atomic E-state index is 12.9. The summed E-state index contributed by atoms with van der Waals surface area (Å²) in [6.45, 7) is 8.44. The molecule has 0 unspecified atom stereocenters. The molecule has 33 heavy (non-hydrogen) atoms. The molecule has 2 aromatic carbocycles. The molecular formula is C25H32N4O4. The molecule has 8 heteroatoms. The van der Waals surface area contributed by atoms with Crippen LogP contribution in [0.25, 0.3) is 0 Å². The van der Waals surface area contributed by atoms with Gasteiger partial charge in [0.15, 0.2) is 11.5 Å². The van der Waals surface area contributed by atoms with Crippen molar-refractivity contribution in [2.24, 2.45) is 0 Å². The second kappa shape index (κ2) is 10.2. The van der Waals surface area contributed by atoms with Crippen LogP contribution in [-0.4, -0.2) is 79.1 Å². The van der Waals surface area contributed by atoms with Crippen molar-refractivity contribution in [2.45, 2.75) is 26.4 Å². The van der Waals surface area contributed by atoms with Crippen LogP contribution in [0.1, 0.15) is 18.1 Å². The highest BCUT2D eigenvalue weighted by atomic mass is 16.7. The van der Waals surface area contributed by atoms with E-state index in [0.29, 0.717) is 0 Å². The molecule has 0 radical (unpaired) electrons. The summed E-state index contributed by atoms with van der Waals surface area (Å²) in [5, 5.41) is 2.85. The van der Waals surface area contributed by atoms with Gasteiger partial charge in [0.1, 0.15) is 0 Å². The third-order valence-electron chi connectivity index (χ3n) is 6.25. The number of nitrogens with zero attached hydrogens (tertiary/aromatic N) is 3. The molecule has 1 atom stereocenters. The zero-order chi connectivity index (χ0) is 23.4. The molecule has 0 aliphatic carbocycles. The number of benzene rings is 2. The lowest BCUT2D eigenvalue weighted by Crippen LogP contribution is -2.54. The number of amides is 2. The summed E-state index contributed by atoms with van der Waals surface area (Å²) in [5.41, 5.74) is 3.05. The zero-order valence-electron chi connectivity index (χ0n) is 19.5. The molecule has 0 bridgehead atoms. The fourth-order valence-corrected chi connectivity index (χ4v) is 4.21. The van der Waals surface area contributed by atoms with Gasteiger partial charge < -0.3 is 19.7 Å². The lowest BCUT2D eigenvalue weighted by molar-refractivity contribution is -0.138. The molecule has 0 spiro atoms. The summed E-state index contributed by atoms with van der Waals surface area (Å²) in [7, 11) is 1.68. The van der Waals surface area contributed by atoms with Gasteiger partial charge >= 0.3 is 0 Å². The summed E-state index contributed by atoms with van der Waals surface area (Å²) in [5.74, 6) is 1.36. The molecule has 2 heterocycles. The molecule has 2 aromatic rings. The Bertz CT molecular complexity index is 986. The highest BCUT2D eigenvalue weighted by Gasteiger charge is 2.28. The van der Waals surface area contributed by atoms with E-state index in [0.717, 1.165) is 55.5 Å². The van der Waals surface area contributed by atoms with Crippen molar-refractivity contribution in [3.63, 3.8) is 0 Å². The molecule has 2 amide bonds. The first-order valence-electron chi connectivity index (χ1n) is 11.4. The van der Waals surface area contributed by atoms with Gasteiger partial charge in [0.2, 0.25) is 18.6 Å². The quantitative estimate of drug-likeness (QED) is 0.695. The number of fused-ring (bicyclic) bond motifs is 1. The third kappa shape index (κ3) is 5.83. The molecule has 8 nitrogen and oxygen atoms in total. The first-order chi connectivity index (χ1) is 15.9. The van der Waals surface area contributed by atoms with Crippen molar-refractivity contribution in [1.29, 1.82) is 0 Å². The highest BCUT2D eigenvalue weighted by Crippen LogP contribution is 2.32. The predicted molar refractivity (Wildman–Crippen MR) is 126 cm³/mol. The van der Waals surface area contributed by atoms with Gasteiger partial charge in [0.25, 0.3) is 0 Å². The maximum absolute atomic E-state index is 12.9. The van der Waals surface area contributed by atoms with Crippen molar-refractivity contribution >= 4 is 17.5 Å². The maximum Gasteiger partial charge on any atom is 0.243 e. The van der Waals surface area contributed by atoms with Gasteiger partial charge in [-0.25, -0.2) is 0 Å². The van der Waals surface area contributed by atoms with E-state index in [1.54, 1.807) is 7.05 Å². The highest BCUT2D eigenvalue weighted by molar-refractivity contribution is 5.95. The minimum atomic E-state index is -0.269. The van der Waals surface area contributed by atoms with Crippen LogP contribution >= 0.6 is 0 Å². The SMILES string of the molecule is Cc1ccc(NC(=O)CN(C)C(=O)[C@@H](C)N2CCN(Cc3ccc4c(c3)OCO4)CC2)cc1. The van der Waals surface area contributed by atoms with Crippen LogP contribution in [0.4, 0.5) is 5.69 Å². The number of ether oxygens (including phenoxy) is 2. The Balaban J connectivity index is 1.22. The molecule has 176 valence electrons. The standard InChI is InChI=1S/C25H32N4O4/c1-18-4-7-21(8-5-18)26-24(30)16-27(3)25(31)19(2)29-12-10-28(11-13-29)15-20-6-9-22-23(14-20)33-17-32-22/h4-9,14,19H,10-13,15-17H2,1-3H3,(H,26,30)/t19-/m1/s1. The normalized spacial score (nSPS) is 16.9. The fraction of sp³-hybridized carbons (Fsp3) is 0.440. The molecule has 1 N–H and O–H groups in total. The topological polar surface area (TPSA) is 74.4 Å². The van der Waals surface area contributed by atoms with Crippen LogP contribution in [0.2, 0.25) is 0 Å². The lowest BCUT2D eigenvalue weighted by Gasteiger charge is -2.38. The van der Waals surface area contributed by atoms with Crippen LogP contribution in [0.3, 0.4) is 0 Å². The Labute approximate surface area is 195 Å². The Hall–Kier alpha value is -3.10. The zero-order valence-corrected chi connectivity index (χ0v) is 19.5.